The Labute approximate surface area is 537 Å². The molecular formula is C50H40F15N15O9S6. The van der Waals surface area contributed by atoms with Crippen LogP contribution < -0.4 is 15.0 Å². The number of nitrogens with zero attached hydrogens (tertiary/aromatic N) is 14. The Morgan fingerprint density at radius 1 is 0.558 bits per heavy atom. The van der Waals surface area contributed by atoms with E-state index in [0.717, 1.165) is 38.6 Å². The van der Waals surface area contributed by atoms with E-state index in [1.807, 2.05) is 5.32 Å². The van der Waals surface area contributed by atoms with Gasteiger partial charge in [-0.25, -0.2) is 44.9 Å². The molecule has 6 aromatic heterocycles. The van der Waals surface area contributed by atoms with Gasteiger partial charge in [0.25, 0.3) is 17.7 Å². The van der Waals surface area contributed by atoms with Crippen LogP contribution in [-0.4, -0.2) is 131 Å². The third-order valence-electron chi connectivity index (χ3n) is 14.3. The molecule has 0 bridgehead atoms. The molecule has 95 heavy (non-hydrogen) atoms. The number of amides is 3. The Morgan fingerprint density at radius 3 is 1.31 bits per heavy atom. The lowest BCUT2D eigenvalue weighted by atomic mass is 9.99. The fourth-order valence-corrected chi connectivity index (χ4v) is 13.5. The van der Waals surface area contributed by atoms with Gasteiger partial charge < -0.3 is 0 Å². The largest absolute Gasteiger partial charge is 0.460 e. The summed E-state index contributed by atoms with van der Waals surface area (Å²) >= 11 is -0.554. The molecule has 0 spiro atoms. The van der Waals surface area contributed by atoms with Crippen molar-refractivity contribution in [1.29, 1.82) is 15.8 Å². The standard InChI is InChI=1S/2C17H14F5N5O3S2.C16H12F5N5O3S2/c1-3-32(29,30)10-6-9(15(8-23)4-5-15)7-24-11(10)12(28)27(2)14-26-25-13(31-14)16(18,19)17(20,21)22;1-3-32(29,30)10-6-9(15(8-23)4-5-15)7-24-11(10)12(28)25-14-27(2)26-13(31-14)16(18,19)17(20,21)22;1-2-31(28,29)9-5-8(14(7-22)3-4-14)6-23-10(9)11(27)24-13-26-25-12(30-13)15(17,18)16(19,20)21/h2*6-7H,3-5H2,1-2H3;5-6H,2-4H2,1H3,(H,24,26,27). The van der Waals surface area contributed by atoms with Gasteiger partial charge in [-0.3, -0.25) is 24.6 Å². The predicted octanol–water partition coefficient (Wildman–Crippen LogP) is 9.02. The molecule has 1 N–H and O–H groups in total. The van der Waals surface area contributed by atoms with E-state index in [9.17, 15) is 121 Å². The minimum Gasteiger partial charge on any atom is -0.295 e. The number of carbonyl (C=O) groups excluding carboxylic acids is 3. The van der Waals surface area contributed by atoms with Crippen LogP contribution in [0.2, 0.25) is 0 Å². The van der Waals surface area contributed by atoms with E-state index in [2.05, 4.69) is 63.6 Å². The smallest absolute Gasteiger partial charge is 0.295 e. The van der Waals surface area contributed by atoms with Crippen LogP contribution in [0, 0.1) is 34.0 Å². The first-order valence-corrected chi connectivity index (χ1v) is 33.7. The van der Waals surface area contributed by atoms with Gasteiger partial charge in [-0.05, 0) is 73.4 Å². The minimum atomic E-state index is -5.91. The summed E-state index contributed by atoms with van der Waals surface area (Å²) in [5.41, 5.74) is -3.58. The van der Waals surface area contributed by atoms with Crippen LogP contribution in [0.15, 0.2) is 56.5 Å². The molecular weight excluding hydrogens is 1430 g/mol. The highest BCUT2D eigenvalue weighted by atomic mass is 32.2. The van der Waals surface area contributed by atoms with Crippen molar-refractivity contribution < 1.29 is 105 Å². The van der Waals surface area contributed by atoms with E-state index in [4.69, 9.17) is 0 Å². The Balaban J connectivity index is 0.000000201. The summed E-state index contributed by atoms with van der Waals surface area (Å²) in [6.07, 6.45) is -11.3. The van der Waals surface area contributed by atoms with Gasteiger partial charge in [-0.2, -0.15) is 91.7 Å². The molecule has 24 nitrogen and oxygen atoms in total. The zero-order valence-corrected chi connectivity index (χ0v) is 53.3. The van der Waals surface area contributed by atoms with Gasteiger partial charge in [-0.1, -0.05) is 54.8 Å². The van der Waals surface area contributed by atoms with Gasteiger partial charge >= 0.3 is 36.3 Å². The highest BCUT2D eigenvalue weighted by Crippen LogP contribution is 2.52. The highest BCUT2D eigenvalue weighted by Gasteiger charge is 2.63. The topological polar surface area (TPSA) is 361 Å². The SMILES string of the molecule is CCS(=O)(=O)c1cc(C2(C#N)CC2)cnc1C(=O)N(C)c1nnc(C(F)(F)C(F)(F)F)s1.CCS(=O)(=O)c1cc(C2(C#N)CC2)cnc1C(=O)N=c1sc(C(F)(F)C(F)(F)F)nn1C.CCS(=O)(=O)c1cc(C2(C#N)CC2)cnc1C(=O)Nc1nnc(C(F)(F)C(F)(F)F)s1. The van der Waals surface area contributed by atoms with Crippen LogP contribution in [0.4, 0.5) is 76.1 Å². The number of pyridine rings is 3. The molecule has 3 aliphatic rings. The van der Waals surface area contributed by atoms with Crippen LogP contribution in [0.25, 0.3) is 0 Å². The van der Waals surface area contributed by atoms with Gasteiger partial charge in [0.05, 0.1) is 66.4 Å². The minimum absolute atomic E-state index is 0.169. The van der Waals surface area contributed by atoms with Crippen molar-refractivity contribution in [3.05, 3.63) is 90.4 Å². The lowest BCUT2D eigenvalue weighted by molar-refractivity contribution is -0.289. The second-order valence-electron chi connectivity index (χ2n) is 20.6. The van der Waals surface area contributed by atoms with E-state index >= 15 is 0 Å². The van der Waals surface area contributed by atoms with Crippen LogP contribution in [0.5, 0.6) is 0 Å². The number of aryl methyl sites for hydroxylation is 1. The van der Waals surface area contributed by atoms with E-state index < -0.39 is 179 Å². The third-order valence-corrected chi connectivity index (χ3v) is 22.6. The van der Waals surface area contributed by atoms with E-state index in [0.29, 0.717) is 64.8 Å². The van der Waals surface area contributed by atoms with Crippen molar-refractivity contribution in [2.45, 2.75) is 127 Å². The molecule has 510 valence electrons. The highest BCUT2D eigenvalue weighted by molar-refractivity contribution is 7.92. The first-order chi connectivity index (χ1) is 43.7. The Bertz CT molecular complexity index is 4610. The maximum Gasteiger partial charge on any atom is 0.460 e. The molecule has 3 aliphatic carbocycles. The molecule has 0 aromatic carbocycles. The quantitative estimate of drug-likeness (QED) is 0.0832. The van der Waals surface area contributed by atoms with Crippen molar-refractivity contribution in [3.8, 4) is 18.2 Å². The fourth-order valence-electron chi connectivity index (χ4n) is 7.92. The normalized spacial score (nSPS) is 16.1. The van der Waals surface area contributed by atoms with Crippen LogP contribution in [0.1, 0.15) is 122 Å². The number of halogens is 15. The number of anilines is 2. The van der Waals surface area contributed by atoms with Crippen molar-refractivity contribution in [3.63, 3.8) is 0 Å². The first-order valence-electron chi connectivity index (χ1n) is 26.3. The molecule has 3 amide bonds. The zero-order chi connectivity index (χ0) is 71.5. The predicted molar refractivity (Wildman–Crippen MR) is 297 cm³/mol. The molecule has 0 atom stereocenters. The molecule has 3 saturated carbocycles. The summed E-state index contributed by atoms with van der Waals surface area (Å²) in [6, 6.07) is 9.70. The molecule has 9 rings (SSSR count). The second-order valence-corrected chi connectivity index (χ2v) is 30.2. The van der Waals surface area contributed by atoms with Crippen molar-refractivity contribution in [2.24, 2.45) is 12.0 Å². The molecule has 0 unspecified atom stereocenters. The number of nitrogens with one attached hydrogen (secondary N) is 1. The van der Waals surface area contributed by atoms with E-state index in [1.165, 1.54) is 33.0 Å². The van der Waals surface area contributed by atoms with Gasteiger partial charge in [0.1, 0.15) is 17.1 Å². The molecule has 6 aromatic rings. The number of aromatic nitrogens is 9. The monoisotopic (exact) mass is 1470 g/mol. The van der Waals surface area contributed by atoms with E-state index in [-0.39, 0.29) is 34.0 Å². The third kappa shape index (κ3) is 14.7. The Hall–Kier alpha value is -8.19. The molecule has 0 saturated heterocycles. The molecule has 45 heteroatoms. The number of hydrogen-bond donors (Lipinski definition) is 1. The van der Waals surface area contributed by atoms with Crippen molar-refractivity contribution in [1.82, 2.24) is 45.1 Å². The molecule has 0 radical (unpaired) electrons. The fraction of sp³-hybridized carbons (Fsp3) is 0.460. The zero-order valence-electron chi connectivity index (χ0n) is 48.4. The Kier molecular flexibility index (Phi) is 20.1. The number of hydrogen-bond acceptors (Lipinski definition) is 23. The Morgan fingerprint density at radius 2 is 0.916 bits per heavy atom. The summed E-state index contributed by atoms with van der Waals surface area (Å²) in [5.74, 6) is -20.6. The number of nitriles is 3. The van der Waals surface area contributed by atoms with Crippen LogP contribution >= 0.6 is 34.0 Å². The lowest BCUT2D eigenvalue weighted by Crippen LogP contribution is -2.33. The van der Waals surface area contributed by atoms with Crippen LogP contribution in [0.3, 0.4) is 0 Å². The maximum absolute atomic E-state index is 13.5. The molecule has 0 aliphatic heterocycles. The average Bonchev–Trinajstić information content (AvgIpc) is 1.68. The average molecular weight is 1470 g/mol. The number of sulfone groups is 3. The summed E-state index contributed by atoms with van der Waals surface area (Å²) < 4.78 is 269. The van der Waals surface area contributed by atoms with Gasteiger partial charge in [0.15, 0.2) is 44.5 Å². The maximum atomic E-state index is 13.5. The number of alkyl halides is 15. The van der Waals surface area contributed by atoms with Crippen LogP contribution in [-0.2, 0) is 70.6 Å². The molecule has 3 fully saturated rings. The summed E-state index contributed by atoms with van der Waals surface area (Å²) in [6.45, 7) is 3.96. The van der Waals surface area contributed by atoms with Crippen molar-refractivity contribution in [2.75, 3.05) is 34.5 Å². The van der Waals surface area contributed by atoms with Gasteiger partial charge in [-0.15, -0.1) is 20.4 Å². The van der Waals surface area contributed by atoms with Gasteiger partial charge in [0, 0.05) is 32.7 Å². The summed E-state index contributed by atoms with van der Waals surface area (Å²) in [7, 11) is -10.0. The number of rotatable bonds is 17. The van der Waals surface area contributed by atoms with Gasteiger partial charge in [0.2, 0.25) is 15.1 Å². The van der Waals surface area contributed by atoms with Crippen molar-refractivity contribution >= 4 is 91.5 Å². The second kappa shape index (κ2) is 25.8. The van der Waals surface area contributed by atoms with E-state index in [1.54, 1.807) is 0 Å². The first kappa shape index (κ1) is 74.2. The summed E-state index contributed by atoms with van der Waals surface area (Å²) in [5, 5.41) is 38.6. The summed E-state index contributed by atoms with van der Waals surface area (Å²) in [4.78, 5) is 51.6. The lowest BCUT2D eigenvalue weighted by Gasteiger charge is -2.17. The number of carbonyl (C=O) groups is 3. The molecule has 6 heterocycles.